The fraction of sp³-hybridized carbons (Fsp3) is 0.217. The zero-order valence-corrected chi connectivity index (χ0v) is 15.8. The second-order valence-corrected chi connectivity index (χ2v) is 7.30. The molecule has 0 radical (unpaired) electrons. The number of nitrogens with one attached hydrogen (secondary N) is 1. The van der Waals surface area contributed by atoms with Gasteiger partial charge in [-0.25, -0.2) is 9.37 Å². The van der Waals surface area contributed by atoms with Crippen molar-refractivity contribution < 1.29 is 13.6 Å². The van der Waals surface area contributed by atoms with Gasteiger partial charge in [-0.05, 0) is 24.1 Å². The predicted molar refractivity (Wildman–Crippen MR) is 107 cm³/mol. The van der Waals surface area contributed by atoms with Crippen LogP contribution in [-0.2, 0) is 17.6 Å². The molecule has 5 rings (SSSR count). The third-order valence-corrected chi connectivity index (χ3v) is 5.50. The smallest absolute Gasteiger partial charge is 0.223 e. The molecule has 1 aliphatic heterocycles. The van der Waals surface area contributed by atoms with Gasteiger partial charge in [0.15, 0.2) is 11.4 Å². The Morgan fingerprint density at radius 3 is 2.90 bits per heavy atom. The van der Waals surface area contributed by atoms with Crippen LogP contribution in [0.5, 0.6) is 0 Å². The predicted octanol–water partition coefficient (Wildman–Crippen LogP) is 4.40. The van der Waals surface area contributed by atoms with Crippen LogP contribution in [0.25, 0.3) is 11.0 Å². The summed E-state index contributed by atoms with van der Waals surface area (Å²) in [4.78, 5) is 22.6. The van der Waals surface area contributed by atoms with Gasteiger partial charge >= 0.3 is 0 Å². The number of carbonyl (C=O) groups is 1. The second-order valence-electron chi connectivity index (χ2n) is 7.30. The second kappa shape index (κ2) is 7.20. The minimum absolute atomic E-state index is 0.0356. The molecule has 0 saturated heterocycles. The maximum absolute atomic E-state index is 14.2. The van der Waals surface area contributed by atoms with Crippen LogP contribution in [0.1, 0.15) is 35.2 Å². The van der Waals surface area contributed by atoms with Crippen LogP contribution in [0.2, 0.25) is 0 Å². The number of amides is 1. The maximum atomic E-state index is 14.2. The summed E-state index contributed by atoms with van der Waals surface area (Å²) < 4.78 is 20.1. The lowest BCUT2D eigenvalue weighted by molar-refractivity contribution is -0.133. The number of aromatic amines is 1. The number of hydrogen-bond donors (Lipinski definition) is 1. The van der Waals surface area contributed by atoms with E-state index in [9.17, 15) is 9.18 Å². The molecule has 5 nitrogen and oxygen atoms in total. The number of aryl methyl sites for hydroxylation is 1. The van der Waals surface area contributed by atoms with E-state index in [1.54, 1.807) is 18.5 Å². The van der Waals surface area contributed by atoms with Gasteiger partial charge in [-0.3, -0.25) is 4.79 Å². The van der Waals surface area contributed by atoms with Crippen molar-refractivity contribution in [2.75, 3.05) is 6.54 Å². The zero-order valence-electron chi connectivity index (χ0n) is 15.8. The Bertz CT molecular complexity index is 1170. The summed E-state index contributed by atoms with van der Waals surface area (Å²) in [5.74, 6) is 0.161. The lowest BCUT2D eigenvalue weighted by Gasteiger charge is -2.33. The van der Waals surface area contributed by atoms with E-state index in [-0.39, 0.29) is 11.5 Å². The zero-order chi connectivity index (χ0) is 19.8. The van der Waals surface area contributed by atoms with Crippen LogP contribution in [0, 0.1) is 5.82 Å². The maximum Gasteiger partial charge on any atom is 0.223 e. The molecule has 0 aliphatic carbocycles. The number of carbonyl (C=O) groups excluding carboxylic acids is 1. The third kappa shape index (κ3) is 3.20. The van der Waals surface area contributed by atoms with Crippen LogP contribution < -0.4 is 0 Å². The molecule has 0 saturated carbocycles. The molecule has 1 amide bonds. The molecule has 1 N–H and O–H groups in total. The molecule has 2 aromatic carbocycles. The van der Waals surface area contributed by atoms with Crippen molar-refractivity contribution >= 4 is 16.9 Å². The first-order valence-corrected chi connectivity index (χ1v) is 9.74. The molecule has 29 heavy (non-hydrogen) atoms. The van der Waals surface area contributed by atoms with Gasteiger partial charge in [0.05, 0.1) is 12.0 Å². The van der Waals surface area contributed by atoms with Gasteiger partial charge in [0.1, 0.15) is 11.8 Å². The number of hydrogen-bond acceptors (Lipinski definition) is 3. The van der Waals surface area contributed by atoms with Crippen molar-refractivity contribution in [3.05, 3.63) is 89.5 Å². The van der Waals surface area contributed by atoms with E-state index >= 15 is 0 Å². The van der Waals surface area contributed by atoms with Crippen LogP contribution in [-0.4, -0.2) is 27.3 Å². The number of benzene rings is 2. The van der Waals surface area contributed by atoms with Gasteiger partial charge in [-0.2, -0.15) is 0 Å². The Balaban J connectivity index is 1.48. The molecule has 0 fully saturated rings. The van der Waals surface area contributed by atoms with E-state index in [0.29, 0.717) is 37.0 Å². The number of halogens is 1. The van der Waals surface area contributed by atoms with Gasteiger partial charge in [-0.15, -0.1) is 0 Å². The Labute approximate surface area is 167 Å². The minimum atomic E-state index is -0.458. The molecule has 0 unspecified atom stereocenters. The highest BCUT2D eigenvalue weighted by Crippen LogP contribution is 2.37. The molecule has 6 heteroatoms. The highest BCUT2D eigenvalue weighted by Gasteiger charge is 2.36. The molecule has 1 aliphatic rings. The number of H-pyrrole nitrogens is 1. The Hall–Kier alpha value is -3.41. The number of imidazole rings is 1. The first-order valence-electron chi connectivity index (χ1n) is 9.74. The molecule has 1 atom stereocenters. The number of fused-ring (bicyclic) bond motifs is 2. The summed E-state index contributed by atoms with van der Waals surface area (Å²) in [6.45, 7) is 0.563. The lowest BCUT2D eigenvalue weighted by atomic mass is 9.99. The van der Waals surface area contributed by atoms with Crippen LogP contribution in [0.15, 0.2) is 65.3 Å². The van der Waals surface area contributed by atoms with Crippen molar-refractivity contribution in [1.82, 2.24) is 14.9 Å². The highest BCUT2D eigenvalue weighted by atomic mass is 19.1. The van der Waals surface area contributed by atoms with E-state index in [4.69, 9.17) is 4.42 Å². The van der Waals surface area contributed by atoms with Crippen LogP contribution >= 0.6 is 0 Å². The summed E-state index contributed by atoms with van der Waals surface area (Å²) >= 11 is 0. The van der Waals surface area contributed by atoms with E-state index in [1.807, 2.05) is 41.3 Å². The molecule has 0 bridgehead atoms. The highest BCUT2D eigenvalue weighted by molar-refractivity contribution is 5.80. The number of nitrogens with zero attached hydrogens (tertiary/aromatic N) is 2. The minimum Gasteiger partial charge on any atom is -0.455 e. The first-order chi connectivity index (χ1) is 14.2. The van der Waals surface area contributed by atoms with Crippen LogP contribution in [0.4, 0.5) is 4.39 Å². The summed E-state index contributed by atoms with van der Waals surface area (Å²) in [5.41, 5.74) is 3.09. The fourth-order valence-electron chi connectivity index (χ4n) is 4.06. The van der Waals surface area contributed by atoms with E-state index in [1.165, 1.54) is 6.07 Å². The fourth-order valence-corrected chi connectivity index (χ4v) is 4.06. The molecular formula is C23H20FN3O2. The average molecular weight is 389 g/mol. The molecule has 2 aromatic heterocycles. The van der Waals surface area contributed by atoms with Crippen molar-refractivity contribution in [2.24, 2.45) is 0 Å². The largest absolute Gasteiger partial charge is 0.455 e. The Kier molecular flexibility index (Phi) is 4.39. The average Bonchev–Trinajstić information content (AvgIpc) is 3.39. The third-order valence-electron chi connectivity index (χ3n) is 5.50. The molecular weight excluding hydrogens is 369 g/mol. The van der Waals surface area contributed by atoms with Gasteiger partial charge in [0, 0.05) is 30.5 Å². The van der Waals surface area contributed by atoms with Crippen molar-refractivity contribution in [1.29, 1.82) is 0 Å². The topological polar surface area (TPSA) is 62.1 Å². The van der Waals surface area contributed by atoms with Crippen molar-refractivity contribution in [2.45, 2.75) is 25.3 Å². The quantitative estimate of drug-likeness (QED) is 0.563. The van der Waals surface area contributed by atoms with E-state index < -0.39 is 11.9 Å². The van der Waals surface area contributed by atoms with E-state index in [0.717, 1.165) is 17.0 Å². The van der Waals surface area contributed by atoms with Gasteiger partial charge in [-0.1, -0.05) is 42.5 Å². The number of para-hydroxylation sites is 1. The summed E-state index contributed by atoms with van der Waals surface area (Å²) in [5, 5.41) is 0.680. The number of furan rings is 1. The van der Waals surface area contributed by atoms with Gasteiger partial charge in [0.25, 0.3) is 0 Å². The van der Waals surface area contributed by atoms with Crippen LogP contribution in [0.3, 0.4) is 0 Å². The number of aromatic nitrogens is 2. The summed E-state index contributed by atoms with van der Waals surface area (Å²) in [6.07, 6.45) is 3.41. The van der Waals surface area contributed by atoms with Crippen molar-refractivity contribution in [3.8, 4) is 0 Å². The number of rotatable bonds is 4. The Morgan fingerprint density at radius 1 is 1.21 bits per heavy atom. The molecule has 146 valence electrons. The first kappa shape index (κ1) is 17.7. The lowest BCUT2D eigenvalue weighted by Crippen LogP contribution is -2.40. The van der Waals surface area contributed by atoms with E-state index in [2.05, 4.69) is 9.97 Å². The standard InChI is InChI=1S/C23H20FN3O2/c24-17-8-4-7-16-13-19(29-23(16)17)22-21-18(25-14-26-21)11-12-27(22)20(28)10-9-15-5-2-1-3-6-15/h1-8,13-14,22H,9-12H2,(H,25,26)/t22-/m1/s1. The normalized spacial score (nSPS) is 16.2. The molecule has 3 heterocycles. The molecule has 0 spiro atoms. The van der Waals surface area contributed by atoms with Gasteiger partial charge < -0.3 is 14.3 Å². The summed E-state index contributed by atoms with van der Waals surface area (Å²) in [7, 11) is 0. The Morgan fingerprint density at radius 2 is 2.07 bits per heavy atom. The summed E-state index contributed by atoms with van der Waals surface area (Å²) in [6, 6.07) is 16.1. The SMILES string of the molecule is O=C(CCc1ccccc1)N1CCc2[nH]cnc2[C@H]1c1cc2cccc(F)c2o1. The van der Waals surface area contributed by atoms with Gasteiger partial charge in [0.2, 0.25) is 5.91 Å². The molecule has 4 aromatic rings. The monoisotopic (exact) mass is 389 g/mol. The van der Waals surface area contributed by atoms with Crippen molar-refractivity contribution in [3.63, 3.8) is 0 Å².